The maximum absolute atomic E-state index is 12.3. The van der Waals surface area contributed by atoms with Gasteiger partial charge in [-0.05, 0) is 32.1 Å². The molecular formula is C27H46N4O7. The van der Waals surface area contributed by atoms with Crippen molar-refractivity contribution in [3.63, 3.8) is 0 Å². The zero-order valence-corrected chi connectivity index (χ0v) is 23.2. The van der Waals surface area contributed by atoms with Crippen molar-refractivity contribution in [2.75, 3.05) is 53.1 Å². The van der Waals surface area contributed by atoms with Gasteiger partial charge in [-0.25, -0.2) is 0 Å². The van der Waals surface area contributed by atoms with Crippen LogP contribution in [0.25, 0.3) is 0 Å². The molecule has 0 aromatic heterocycles. The smallest absolute Gasteiger partial charge is 0.225 e. The van der Waals surface area contributed by atoms with Gasteiger partial charge in [0, 0.05) is 63.8 Å². The quantitative estimate of drug-likeness (QED) is 0.233. The molecule has 0 bridgehead atoms. The summed E-state index contributed by atoms with van der Waals surface area (Å²) in [6.45, 7) is 6.38. The van der Waals surface area contributed by atoms with Crippen LogP contribution in [0.2, 0.25) is 0 Å². The van der Waals surface area contributed by atoms with Gasteiger partial charge in [0.2, 0.25) is 23.6 Å². The molecule has 2 rings (SSSR count). The van der Waals surface area contributed by atoms with Crippen molar-refractivity contribution in [1.29, 1.82) is 0 Å². The van der Waals surface area contributed by atoms with E-state index < -0.39 is 0 Å². The van der Waals surface area contributed by atoms with E-state index in [4.69, 9.17) is 9.47 Å². The molecule has 11 nitrogen and oxygen atoms in total. The minimum atomic E-state index is -0.349. The Morgan fingerprint density at radius 2 is 1.58 bits per heavy atom. The second-order valence-corrected chi connectivity index (χ2v) is 10.4. The predicted octanol–water partition coefficient (Wildman–Crippen LogP) is 0.801. The third-order valence-corrected chi connectivity index (χ3v) is 7.37. The first-order valence-electron chi connectivity index (χ1n) is 14.0. The van der Waals surface area contributed by atoms with Crippen molar-refractivity contribution in [2.45, 2.75) is 71.3 Å². The molecule has 0 aromatic carbocycles. The number of ether oxygens (including phenoxy) is 2. The molecular weight excluding hydrogens is 492 g/mol. The van der Waals surface area contributed by atoms with Crippen LogP contribution in [0.4, 0.5) is 0 Å². The molecule has 1 saturated heterocycles. The summed E-state index contributed by atoms with van der Waals surface area (Å²) in [5.74, 6) is -0.191. The van der Waals surface area contributed by atoms with Crippen molar-refractivity contribution < 1.29 is 33.4 Å². The summed E-state index contributed by atoms with van der Waals surface area (Å²) >= 11 is 0. The average molecular weight is 539 g/mol. The number of likely N-dealkylation sites (tertiary alicyclic amines) is 1. The molecule has 2 aliphatic rings. The van der Waals surface area contributed by atoms with Crippen molar-refractivity contribution >= 4 is 29.4 Å². The fourth-order valence-corrected chi connectivity index (χ4v) is 4.75. The Morgan fingerprint density at radius 1 is 0.895 bits per heavy atom. The SMILES string of the molecule is CCC(C)C(=O)C1CCC(NC(=O)CCOCCOCCNC(=O)CCNC(=O)[C@H]2CC(=O)N(C)C2)CC1. The molecule has 1 unspecified atom stereocenters. The van der Waals surface area contributed by atoms with E-state index in [-0.39, 0.29) is 73.2 Å². The molecule has 11 heteroatoms. The maximum Gasteiger partial charge on any atom is 0.225 e. The van der Waals surface area contributed by atoms with Crippen LogP contribution in [0.1, 0.15) is 65.2 Å². The summed E-state index contributed by atoms with van der Waals surface area (Å²) in [6.07, 6.45) is 4.92. The van der Waals surface area contributed by atoms with Crippen molar-refractivity contribution in [2.24, 2.45) is 17.8 Å². The monoisotopic (exact) mass is 538 g/mol. The van der Waals surface area contributed by atoms with Gasteiger partial charge in [-0.15, -0.1) is 0 Å². The topological polar surface area (TPSA) is 143 Å². The standard InChI is InChI=1S/C27H46N4O7/c1-4-19(2)26(35)20-5-7-22(8-6-20)30-24(33)10-13-37-15-16-38-14-12-28-23(32)9-11-29-27(36)21-17-25(34)31(3)18-21/h19-22H,4-18H2,1-3H3,(H,28,32)(H,29,36)(H,30,33)/t19?,20?,21-,22?/m0/s1. The number of Topliss-reactive ketones (excluding diaryl/α,β-unsaturated/α-hetero) is 1. The van der Waals surface area contributed by atoms with Gasteiger partial charge in [0.25, 0.3) is 0 Å². The number of carbonyl (C=O) groups is 5. The van der Waals surface area contributed by atoms with Gasteiger partial charge < -0.3 is 30.3 Å². The van der Waals surface area contributed by atoms with Gasteiger partial charge in [0.1, 0.15) is 5.78 Å². The third-order valence-electron chi connectivity index (χ3n) is 7.37. The highest BCUT2D eigenvalue weighted by molar-refractivity contribution is 5.89. The van der Waals surface area contributed by atoms with Crippen molar-refractivity contribution in [3.8, 4) is 0 Å². The molecule has 1 aliphatic carbocycles. The van der Waals surface area contributed by atoms with Gasteiger partial charge in [0.15, 0.2) is 0 Å². The minimum Gasteiger partial charge on any atom is -0.379 e. The first kappa shape index (κ1) is 31.7. The van der Waals surface area contributed by atoms with Gasteiger partial charge >= 0.3 is 0 Å². The summed E-state index contributed by atoms with van der Waals surface area (Å²) in [6, 6.07) is 0.137. The summed E-state index contributed by atoms with van der Waals surface area (Å²) < 4.78 is 10.9. The van der Waals surface area contributed by atoms with Crippen LogP contribution in [0.3, 0.4) is 0 Å². The molecule has 1 saturated carbocycles. The molecule has 0 spiro atoms. The Labute approximate surface area is 226 Å². The third kappa shape index (κ3) is 11.5. The second-order valence-electron chi connectivity index (χ2n) is 10.4. The van der Waals surface area contributed by atoms with Crippen LogP contribution < -0.4 is 16.0 Å². The zero-order valence-electron chi connectivity index (χ0n) is 23.2. The van der Waals surface area contributed by atoms with Crippen LogP contribution in [0, 0.1) is 17.8 Å². The molecule has 38 heavy (non-hydrogen) atoms. The Hall–Kier alpha value is -2.53. The van der Waals surface area contributed by atoms with Crippen LogP contribution >= 0.6 is 0 Å². The van der Waals surface area contributed by atoms with Crippen molar-refractivity contribution in [1.82, 2.24) is 20.9 Å². The maximum atomic E-state index is 12.3. The fraction of sp³-hybridized carbons (Fsp3) is 0.815. The van der Waals surface area contributed by atoms with Crippen LogP contribution in [-0.2, 0) is 33.4 Å². The fourth-order valence-electron chi connectivity index (χ4n) is 4.75. The van der Waals surface area contributed by atoms with Crippen molar-refractivity contribution in [3.05, 3.63) is 0 Å². The zero-order chi connectivity index (χ0) is 27.9. The average Bonchev–Trinajstić information content (AvgIpc) is 3.25. The number of rotatable bonds is 17. The van der Waals surface area contributed by atoms with Gasteiger partial charge in [-0.2, -0.15) is 0 Å². The number of amides is 4. The molecule has 0 radical (unpaired) electrons. The summed E-state index contributed by atoms with van der Waals surface area (Å²) in [5, 5.41) is 8.47. The van der Waals surface area contributed by atoms with Crippen LogP contribution in [-0.4, -0.2) is 93.5 Å². The summed E-state index contributed by atoms with van der Waals surface area (Å²) in [7, 11) is 1.67. The summed E-state index contributed by atoms with van der Waals surface area (Å²) in [5.41, 5.74) is 0. The highest BCUT2D eigenvalue weighted by atomic mass is 16.5. The second kappa shape index (κ2) is 17.1. The predicted molar refractivity (Wildman–Crippen MR) is 141 cm³/mol. The Balaban J connectivity index is 1.38. The Kier molecular flexibility index (Phi) is 14.3. The lowest BCUT2D eigenvalue weighted by Crippen LogP contribution is -2.39. The van der Waals surface area contributed by atoms with E-state index in [2.05, 4.69) is 16.0 Å². The number of ketones is 1. The van der Waals surface area contributed by atoms with E-state index in [0.717, 1.165) is 32.1 Å². The highest BCUT2D eigenvalue weighted by Crippen LogP contribution is 2.28. The highest BCUT2D eigenvalue weighted by Gasteiger charge is 2.32. The van der Waals surface area contributed by atoms with Gasteiger partial charge in [0.05, 0.1) is 32.3 Å². The molecule has 216 valence electrons. The Morgan fingerprint density at radius 3 is 2.21 bits per heavy atom. The molecule has 3 N–H and O–H groups in total. The first-order chi connectivity index (χ1) is 18.2. The van der Waals surface area contributed by atoms with Crippen LogP contribution in [0.5, 0.6) is 0 Å². The lowest BCUT2D eigenvalue weighted by atomic mass is 9.79. The summed E-state index contributed by atoms with van der Waals surface area (Å²) in [4.78, 5) is 61.4. The molecule has 0 aromatic rings. The van der Waals surface area contributed by atoms with E-state index in [1.165, 1.54) is 4.90 Å². The molecule has 4 amide bonds. The minimum absolute atomic E-state index is 0.0365. The number of nitrogens with one attached hydrogen (secondary N) is 3. The Bertz CT molecular complexity index is 798. The van der Waals surface area contributed by atoms with E-state index in [9.17, 15) is 24.0 Å². The number of nitrogens with zero attached hydrogens (tertiary/aromatic N) is 1. The lowest BCUT2D eigenvalue weighted by molar-refractivity contribution is -0.128. The van der Waals surface area contributed by atoms with E-state index in [1.54, 1.807) is 7.05 Å². The lowest BCUT2D eigenvalue weighted by Gasteiger charge is -2.29. The molecule has 1 aliphatic heterocycles. The molecule has 1 heterocycles. The van der Waals surface area contributed by atoms with E-state index >= 15 is 0 Å². The van der Waals surface area contributed by atoms with E-state index in [1.807, 2.05) is 13.8 Å². The number of hydrogen-bond acceptors (Lipinski definition) is 7. The normalized spacial score (nSPS) is 22.1. The first-order valence-corrected chi connectivity index (χ1v) is 14.0. The largest absolute Gasteiger partial charge is 0.379 e. The molecule has 2 atom stereocenters. The van der Waals surface area contributed by atoms with E-state index in [0.29, 0.717) is 45.3 Å². The van der Waals surface area contributed by atoms with Crippen LogP contribution in [0.15, 0.2) is 0 Å². The number of carbonyl (C=O) groups excluding carboxylic acids is 5. The number of hydrogen-bond donors (Lipinski definition) is 3. The molecule has 2 fully saturated rings. The van der Waals surface area contributed by atoms with Gasteiger partial charge in [-0.3, -0.25) is 24.0 Å². The van der Waals surface area contributed by atoms with Gasteiger partial charge in [-0.1, -0.05) is 13.8 Å².